The number of hydrogen-bond donors (Lipinski definition) is 1. The molecular weight excluding hydrogens is 309 g/mol. The van der Waals surface area contributed by atoms with Crippen molar-refractivity contribution in [2.45, 2.75) is 26.3 Å². The van der Waals surface area contributed by atoms with Crippen LogP contribution in [0.5, 0.6) is 5.75 Å². The highest BCUT2D eigenvalue weighted by atomic mass is 19.1. The number of ketones is 1. The molecule has 0 aliphatic carbocycles. The van der Waals surface area contributed by atoms with Crippen molar-refractivity contribution in [2.24, 2.45) is 0 Å². The highest BCUT2D eigenvalue weighted by molar-refractivity contribution is 6.09. The van der Waals surface area contributed by atoms with Crippen LogP contribution < -0.4 is 10.1 Å². The molecule has 24 heavy (non-hydrogen) atoms. The minimum Gasteiger partial charge on any atom is -0.484 e. The zero-order chi connectivity index (χ0) is 17.5. The van der Waals surface area contributed by atoms with Crippen LogP contribution in [0.25, 0.3) is 0 Å². The van der Waals surface area contributed by atoms with Gasteiger partial charge in [0.15, 0.2) is 12.4 Å². The van der Waals surface area contributed by atoms with Crippen LogP contribution in [0.4, 0.5) is 4.39 Å². The molecule has 0 unspecified atom stereocenters. The maximum atomic E-state index is 12.9. The average molecular weight is 329 g/mol. The minimum absolute atomic E-state index is 0.0738. The smallest absolute Gasteiger partial charge is 0.258 e. The van der Waals surface area contributed by atoms with E-state index < -0.39 is 0 Å². The SMILES string of the molecule is CC[C@H](C)NC(=O)COc1ccc(C(=O)c2ccc(F)cc2)cc1. The Labute approximate surface area is 140 Å². The molecule has 126 valence electrons. The van der Waals surface area contributed by atoms with E-state index in [9.17, 15) is 14.0 Å². The quantitative estimate of drug-likeness (QED) is 0.793. The van der Waals surface area contributed by atoms with Gasteiger partial charge in [-0.2, -0.15) is 0 Å². The summed E-state index contributed by atoms with van der Waals surface area (Å²) < 4.78 is 18.3. The summed E-state index contributed by atoms with van der Waals surface area (Å²) in [5.41, 5.74) is 0.885. The Kier molecular flexibility index (Phi) is 6.07. The van der Waals surface area contributed by atoms with Crippen molar-refractivity contribution in [1.29, 1.82) is 0 Å². The maximum Gasteiger partial charge on any atom is 0.258 e. The van der Waals surface area contributed by atoms with E-state index in [4.69, 9.17) is 4.74 Å². The van der Waals surface area contributed by atoms with E-state index in [1.54, 1.807) is 24.3 Å². The van der Waals surface area contributed by atoms with Crippen molar-refractivity contribution >= 4 is 11.7 Å². The number of rotatable bonds is 7. The van der Waals surface area contributed by atoms with E-state index in [1.165, 1.54) is 24.3 Å². The predicted molar refractivity (Wildman–Crippen MR) is 89.7 cm³/mol. The lowest BCUT2D eigenvalue weighted by molar-refractivity contribution is -0.123. The van der Waals surface area contributed by atoms with Gasteiger partial charge in [-0.15, -0.1) is 0 Å². The van der Waals surface area contributed by atoms with Gasteiger partial charge in [0, 0.05) is 17.2 Å². The number of nitrogens with one attached hydrogen (secondary N) is 1. The van der Waals surface area contributed by atoms with Gasteiger partial charge in [-0.25, -0.2) is 4.39 Å². The maximum absolute atomic E-state index is 12.9. The molecule has 2 rings (SSSR count). The minimum atomic E-state index is -0.383. The lowest BCUT2D eigenvalue weighted by atomic mass is 10.0. The van der Waals surface area contributed by atoms with Crippen molar-refractivity contribution in [3.63, 3.8) is 0 Å². The summed E-state index contributed by atoms with van der Waals surface area (Å²) in [6.07, 6.45) is 0.853. The largest absolute Gasteiger partial charge is 0.484 e. The van der Waals surface area contributed by atoms with E-state index in [-0.39, 0.29) is 30.2 Å². The van der Waals surface area contributed by atoms with E-state index in [1.807, 2.05) is 13.8 Å². The third-order valence-corrected chi connectivity index (χ3v) is 3.61. The zero-order valence-corrected chi connectivity index (χ0v) is 13.7. The second-order valence-electron chi connectivity index (χ2n) is 5.53. The van der Waals surface area contributed by atoms with Crippen molar-refractivity contribution in [3.8, 4) is 5.75 Å². The summed E-state index contributed by atoms with van der Waals surface area (Å²) in [6.45, 7) is 3.84. The van der Waals surface area contributed by atoms with Gasteiger partial charge in [-0.3, -0.25) is 9.59 Å². The van der Waals surface area contributed by atoms with Crippen LogP contribution in [0.15, 0.2) is 48.5 Å². The molecule has 1 amide bonds. The van der Waals surface area contributed by atoms with Gasteiger partial charge >= 0.3 is 0 Å². The van der Waals surface area contributed by atoms with E-state index in [2.05, 4.69) is 5.32 Å². The Bertz CT molecular complexity index is 696. The van der Waals surface area contributed by atoms with Crippen LogP contribution in [-0.4, -0.2) is 24.3 Å². The van der Waals surface area contributed by atoms with Gasteiger partial charge in [0.25, 0.3) is 5.91 Å². The third-order valence-electron chi connectivity index (χ3n) is 3.61. The second-order valence-corrected chi connectivity index (χ2v) is 5.53. The molecule has 2 aromatic rings. The predicted octanol–water partition coefficient (Wildman–Crippen LogP) is 3.35. The summed E-state index contributed by atoms with van der Waals surface area (Å²) in [4.78, 5) is 23.9. The Morgan fingerprint density at radius 2 is 1.58 bits per heavy atom. The van der Waals surface area contributed by atoms with Crippen LogP contribution in [0, 0.1) is 5.82 Å². The molecule has 0 saturated heterocycles. The lowest BCUT2D eigenvalue weighted by Gasteiger charge is -2.12. The first-order valence-corrected chi connectivity index (χ1v) is 7.82. The summed E-state index contributed by atoms with van der Waals surface area (Å²) in [6, 6.07) is 12.0. The molecule has 0 aromatic heterocycles. The first-order valence-electron chi connectivity index (χ1n) is 7.82. The molecule has 2 aromatic carbocycles. The van der Waals surface area contributed by atoms with E-state index >= 15 is 0 Å². The number of ether oxygens (including phenoxy) is 1. The molecule has 0 radical (unpaired) electrons. The Morgan fingerprint density at radius 1 is 1.04 bits per heavy atom. The fourth-order valence-electron chi connectivity index (χ4n) is 2.04. The lowest BCUT2D eigenvalue weighted by Crippen LogP contribution is -2.35. The first-order chi connectivity index (χ1) is 11.5. The van der Waals surface area contributed by atoms with Crippen LogP contribution in [0.3, 0.4) is 0 Å². The molecule has 0 saturated carbocycles. The summed E-state index contributed by atoms with van der Waals surface area (Å²) in [5.74, 6) is -0.261. The zero-order valence-electron chi connectivity index (χ0n) is 13.7. The molecule has 0 spiro atoms. The summed E-state index contributed by atoms with van der Waals surface area (Å²) >= 11 is 0. The molecule has 0 fully saturated rings. The van der Waals surface area contributed by atoms with Crippen LogP contribution in [0.2, 0.25) is 0 Å². The summed E-state index contributed by atoms with van der Waals surface area (Å²) in [5, 5.41) is 2.81. The van der Waals surface area contributed by atoms with Crippen molar-refractivity contribution in [2.75, 3.05) is 6.61 Å². The number of carbonyl (C=O) groups is 2. The number of amides is 1. The highest BCUT2D eigenvalue weighted by Crippen LogP contribution is 2.16. The second kappa shape index (κ2) is 8.24. The molecule has 0 bridgehead atoms. The van der Waals surface area contributed by atoms with Crippen LogP contribution in [-0.2, 0) is 4.79 Å². The van der Waals surface area contributed by atoms with Crippen molar-refractivity contribution < 1.29 is 18.7 Å². The highest BCUT2D eigenvalue weighted by Gasteiger charge is 2.10. The summed E-state index contributed by atoms with van der Waals surface area (Å²) in [7, 11) is 0. The molecule has 0 heterocycles. The first kappa shape index (κ1) is 17.7. The number of benzene rings is 2. The molecule has 0 aliphatic rings. The third kappa shape index (κ3) is 4.91. The fourth-order valence-corrected chi connectivity index (χ4v) is 2.04. The van der Waals surface area contributed by atoms with Crippen molar-refractivity contribution in [1.82, 2.24) is 5.32 Å². The molecular formula is C19H20FNO3. The van der Waals surface area contributed by atoms with Gasteiger partial charge < -0.3 is 10.1 Å². The molecule has 5 heteroatoms. The molecule has 1 atom stereocenters. The number of hydrogen-bond acceptors (Lipinski definition) is 3. The monoisotopic (exact) mass is 329 g/mol. The van der Waals surface area contributed by atoms with Crippen LogP contribution >= 0.6 is 0 Å². The van der Waals surface area contributed by atoms with Gasteiger partial charge in [-0.1, -0.05) is 6.92 Å². The molecule has 4 nitrogen and oxygen atoms in total. The normalized spacial score (nSPS) is 11.6. The molecule has 0 aliphatic heterocycles. The standard InChI is InChI=1S/C19H20FNO3/c1-3-13(2)21-18(22)12-24-17-10-6-15(7-11-17)19(23)14-4-8-16(20)9-5-14/h4-11,13H,3,12H2,1-2H3,(H,21,22)/t13-/m0/s1. The van der Waals surface area contributed by atoms with Gasteiger partial charge in [0.1, 0.15) is 11.6 Å². The van der Waals surface area contributed by atoms with Crippen molar-refractivity contribution in [3.05, 3.63) is 65.5 Å². The number of halogens is 1. The Morgan fingerprint density at radius 3 is 2.12 bits per heavy atom. The van der Waals surface area contributed by atoms with Gasteiger partial charge in [-0.05, 0) is 61.9 Å². The van der Waals surface area contributed by atoms with E-state index in [0.717, 1.165) is 6.42 Å². The fraction of sp³-hybridized carbons (Fsp3) is 0.263. The topological polar surface area (TPSA) is 55.4 Å². The Hall–Kier alpha value is -2.69. The number of carbonyl (C=O) groups excluding carboxylic acids is 2. The van der Waals surface area contributed by atoms with E-state index in [0.29, 0.717) is 16.9 Å². The van der Waals surface area contributed by atoms with Gasteiger partial charge in [0.2, 0.25) is 0 Å². The Balaban J connectivity index is 1.94. The average Bonchev–Trinajstić information content (AvgIpc) is 2.60. The molecule has 1 N–H and O–H groups in total. The van der Waals surface area contributed by atoms with Gasteiger partial charge in [0.05, 0.1) is 0 Å². The van der Waals surface area contributed by atoms with Crippen LogP contribution in [0.1, 0.15) is 36.2 Å².